The van der Waals surface area contributed by atoms with Gasteiger partial charge in [-0.1, -0.05) is 42.0 Å². The molecule has 6 heteroatoms. The van der Waals surface area contributed by atoms with Gasteiger partial charge in [-0.05, 0) is 63.9 Å². The molecular weight excluding hydrogens is 402 g/mol. The Hall–Kier alpha value is -3.41. The molecular formula is C26H31N3O3. The summed E-state index contributed by atoms with van der Waals surface area (Å²) in [6.07, 6.45) is -0.138. The van der Waals surface area contributed by atoms with Crippen LogP contribution in [-0.4, -0.2) is 27.8 Å². The molecule has 6 nitrogen and oxygen atoms in total. The highest BCUT2D eigenvalue weighted by atomic mass is 16.5. The van der Waals surface area contributed by atoms with E-state index >= 15 is 0 Å². The van der Waals surface area contributed by atoms with E-state index in [-0.39, 0.29) is 24.4 Å². The zero-order valence-corrected chi connectivity index (χ0v) is 19.4. The molecule has 0 fully saturated rings. The Morgan fingerprint density at radius 1 is 1.03 bits per heavy atom. The molecule has 1 unspecified atom stereocenters. The number of benzene rings is 2. The molecule has 0 aliphatic heterocycles. The molecule has 1 atom stereocenters. The second-order valence-corrected chi connectivity index (χ2v) is 8.46. The molecule has 168 valence electrons. The number of carbonyl (C=O) groups excluding carboxylic acids is 2. The van der Waals surface area contributed by atoms with Gasteiger partial charge in [-0.15, -0.1) is 0 Å². The van der Waals surface area contributed by atoms with E-state index < -0.39 is 6.04 Å². The molecule has 3 rings (SSSR count). The second kappa shape index (κ2) is 10.3. The van der Waals surface area contributed by atoms with Crippen LogP contribution in [0.25, 0.3) is 0 Å². The van der Waals surface area contributed by atoms with Crippen molar-refractivity contribution in [2.75, 3.05) is 0 Å². The van der Waals surface area contributed by atoms with Crippen molar-refractivity contribution in [3.05, 3.63) is 88.2 Å². The number of hydrogen-bond acceptors (Lipinski definition) is 4. The first kappa shape index (κ1) is 23.3. The zero-order valence-electron chi connectivity index (χ0n) is 19.4. The lowest BCUT2D eigenvalue weighted by Crippen LogP contribution is -2.31. The van der Waals surface area contributed by atoms with Crippen molar-refractivity contribution in [2.45, 2.75) is 59.7 Å². The van der Waals surface area contributed by atoms with Crippen LogP contribution < -0.4 is 5.32 Å². The highest BCUT2D eigenvalue weighted by Crippen LogP contribution is 2.20. The summed E-state index contributed by atoms with van der Waals surface area (Å²) in [7, 11) is 0. The maximum Gasteiger partial charge on any atom is 0.308 e. The number of hydrogen-bond donors (Lipinski definition) is 1. The van der Waals surface area contributed by atoms with E-state index in [1.165, 1.54) is 0 Å². The maximum absolute atomic E-state index is 13.1. The zero-order chi connectivity index (χ0) is 23.3. The smallest absolute Gasteiger partial charge is 0.308 e. The van der Waals surface area contributed by atoms with Crippen LogP contribution in [0, 0.1) is 20.8 Å². The van der Waals surface area contributed by atoms with Crippen LogP contribution in [0.2, 0.25) is 0 Å². The molecule has 1 aromatic heterocycles. The summed E-state index contributed by atoms with van der Waals surface area (Å²) in [4.78, 5) is 25.4. The van der Waals surface area contributed by atoms with Gasteiger partial charge in [0.05, 0.1) is 30.8 Å². The van der Waals surface area contributed by atoms with E-state index in [9.17, 15) is 9.59 Å². The number of rotatable bonds is 8. The van der Waals surface area contributed by atoms with E-state index in [0.29, 0.717) is 12.1 Å². The monoisotopic (exact) mass is 433 g/mol. The molecule has 0 spiro atoms. The summed E-state index contributed by atoms with van der Waals surface area (Å²) < 4.78 is 7.23. The van der Waals surface area contributed by atoms with Crippen LogP contribution >= 0.6 is 0 Å². The van der Waals surface area contributed by atoms with Crippen molar-refractivity contribution in [1.29, 1.82) is 0 Å². The SMILES string of the molecule is Cc1ccc(C(CC(=O)OC(C)C)NC(=O)c2cccc(Cn3nc(C)cc3C)c2)cc1. The summed E-state index contributed by atoms with van der Waals surface area (Å²) in [5.41, 5.74) is 5.53. The predicted molar refractivity (Wildman–Crippen MR) is 124 cm³/mol. The molecule has 0 aliphatic rings. The van der Waals surface area contributed by atoms with E-state index in [0.717, 1.165) is 28.1 Å². The van der Waals surface area contributed by atoms with Gasteiger partial charge in [0, 0.05) is 11.3 Å². The largest absolute Gasteiger partial charge is 0.463 e. The predicted octanol–water partition coefficient (Wildman–Crippen LogP) is 4.67. The fraction of sp³-hybridized carbons (Fsp3) is 0.346. The lowest BCUT2D eigenvalue weighted by atomic mass is 10.0. The number of carbonyl (C=O) groups is 2. The number of amides is 1. The molecule has 2 aromatic carbocycles. The molecule has 3 aromatic rings. The first-order valence-corrected chi connectivity index (χ1v) is 10.9. The van der Waals surface area contributed by atoms with Crippen LogP contribution in [-0.2, 0) is 16.1 Å². The van der Waals surface area contributed by atoms with E-state index in [4.69, 9.17) is 4.74 Å². The quantitative estimate of drug-likeness (QED) is 0.524. The number of nitrogens with one attached hydrogen (secondary N) is 1. The Morgan fingerprint density at radius 2 is 1.75 bits per heavy atom. The third-order valence-electron chi connectivity index (χ3n) is 5.15. The lowest BCUT2D eigenvalue weighted by Gasteiger charge is -2.20. The topological polar surface area (TPSA) is 73.2 Å². The summed E-state index contributed by atoms with van der Waals surface area (Å²) in [5.74, 6) is -0.577. The number of ether oxygens (including phenoxy) is 1. The van der Waals surface area contributed by atoms with Gasteiger partial charge in [0.1, 0.15) is 0 Å². The standard InChI is InChI=1S/C26H31N3O3/c1-17(2)32-25(30)15-24(22-11-9-18(3)10-12-22)27-26(31)23-8-6-7-21(14-23)16-29-20(5)13-19(4)28-29/h6-14,17,24H,15-16H2,1-5H3,(H,27,31). The summed E-state index contributed by atoms with van der Waals surface area (Å²) in [6.45, 7) is 10.2. The fourth-order valence-electron chi connectivity index (χ4n) is 3.59. The molecule has 1 N–H and O–H groups in total. The van der Waals surface area contributed by atoms with Gasteiger partial charge in [-0.3, -0.25) is 14.3 Å². The first-order chi connectivity index (χ1) is 15.2. The fourth-order valence-corrected chi connectivity index (χ4v) is 3.59. The van der Waals surface area contributed by atoms with E-state index in [2.05, 4.69) is 10.4 Å². The Bertz CT molecular complexity index is 1080. The molecule has 0 saturated carbocycles. The maximum atomic E-state index is 13.1. The molecule has 0 aliphatic carbocycles. The van der Waals surface area contributed by atoms with Crippen LogP contribution in [0.5, 0.6) is 0 Å². The first-order valence-electron chi connectivity index (χ1n) is 10.9. The molecule has 1 heterocycles. The summed E-state index contributed by atoms with van der Waals surface area (Å²) in [5, 5.41) is 7.51. The average Bonchev–Trinajstić information content (AvgIpc) is 3.04. The van der Waals surface area contributed by atoms with Gasteiger partial charge in [0.2, 0.25) is 0 Å². The number of aromatic nitrogens is 2. The highest BCUT2D eigenvalue weighted by Gasteiger charge is 2.21. The van der Waals surface area contributed by atoms with Gasteiger partial charge < -0.3 is 10.1 Å². The van der Waals surface area contributed by atoms with Crippen molar-refractivity contribution < 1.29 is 14.3 Å². The Kier molecular flexibility index (Phi) is 7.46. The second-order valence-electron chi connectivity index (χ2n) is 8.46. The van der Waals surface area contributed by atoms with Crippen LogP contribution in [0.4, 0.5) is 0 Å². The Balaban J connectivity index is 1.78. The molecule has 1 amide bonds. The number of esters is 1. The third-order valence-corrected chi connectivity index (χ3v) is 5.15. The summed E-state index contributed by atoms with van der Waals surface area (Å²) in [6, 6.07) is 16.8. The number of aryl methyl sites for hydroxylation is 3. The van der Waals surface area contributed by atoms with Crippen LogP contribution in [0.1, 0.15) is 64.7 Å². The van der Waals surface area contributed by atoms with Crippen molar-refractivity contribution in [3.8, 4) is 0 Å². The average molecular weight is 434 g/mol. The minimum absolute atomic E-state index is 0.0679. The van der Waals surface area contributed by atoms with Gasteiger partial charge in [0.25, 0.3) is 5.91 Å². The highest BCUT2D eigenvalue weighted by molar-refractivity contribution is 5.94. The molecule has 0 saturated heterocycles. The van der Waals surface area contributed by atoms with Crippen molar-refractivity contribution in [3.63, 3.8) is 0 Å². The van der Waals surface area contributed by atoms with Crippen LogP contribution in [0.3, 0.4) is 0 Å². The van der Waals surface area contributed by atoms with Gasteiger partial charge in [-0.2, -0.15) is 5.10 Å². The third kappa shape index (κ3) is 6.30. The lowest BCUT2D eigenvalue weighted by molar-refractivity contribution is -0.147. The van der Waals surface area contributed by atoms with Crippen molar-refractivity contribution in [2.24, 2.45) is 0 Å². The normalized spacial score (nSPS) is 11.9. The summed E-state index contributed by atoms with van der Waals surface area (Å²) >= 11 is 0. The van der Waals surface area contributed by atoms with Gasteiger partial charge in [-0.25, -0.2) is 0 Å². The van der Waals surface area contributed by atoms with Crippen molar-refractivity contribution >= 4 is 11.9 Å². The van der Waals surface area contributed by atoms with E-state index in [1.54, 1.807) is 6.07 Å². The molecule has 0 radical (unpaired) electrons. The Morgan fingerprint density at radius 3 is 2.38 bits per heavy atom. The van der Waals surface area contributed by atoms with Gasteiger partial charge >= 0.3 is 5.97 Å². The van der Waals surface area contributed by atoms with Gasteiger partial charge in [0.15, 0.2) is 0 Å². The van der Waals surface area contributed by atoms with E-state index in [1.807, 2.05) is 87.8 Å². The number of nitrogens with zero attached hydrogens (tertiary/aromatic N) is 2. The van der Waals surface area contributed by atoms with Crippen LogP contribution in [0.15, 0.2) is 54.6 Å². The minimum Gasteiger partial charge on any atom is -0.463 e. The minimum atomic E-state index is -0.478. The molecule has 32 heavy (non-hydrogen) atoms. The Labute approximate surface area is 189 Å². The van der Waals surface area contributed by atoms with Crippen molar-refractivity contribution in [1.82, 2.24) is 15.1 Å². The molecule has 0 bridgehead atoms.